The molecule has 3 aromatic rings. The largest absolute Gasteiger partial charge is 0.399 e. The Bertz CT molecular complexity index is 863. The van der Waals surface area contributed by atoms with Crippen molar-refractivity contribution in [1.29, 1.82) is 0 Å². The standard InChI is InChI=1S/C19H20N4O/c1-12-3-4-15(20)11-16(12)13-5-7-22-17(9-13)14-6-8-23-18(10-14)19(24)21-2/h3-11,19,21,24H,20H2,1-2H3. The van der Waals surface area contributed by atoms with Crippen molar-refractivity contribution < 1.29 is 5.11 Å². The first-order chi connectivity index (χ1) is 11.6. The number of hydrogen-bond acceptors (Lipinski definition) is 5. The number of pyridine rings is 2. The van der Waals surface area contributed by atoms with Gasteiger partial charge in [0.15, 0.2) is 0 Å². The van der Waals surface area contributed by atoms with Gasteiger partial charge in [0.25, 0.3) is 0 Å². The van der Waals surface area contributed by atoms with Gasteiger partial charge >= 0.3 is 0 Å². The average molecular weight is 320 g/mol. The zero-order valence-corrected chi connectivity index (χ0v) is 13.7. The van der Waals surface area contributed by atoms with Crippen LogP contribution in [0.15, 0.2) is 54.9 Å². The fraction of sp³-hybridized carbons (Fsp3) is 0.158. The average Bonchev–Trinajstić information content (AvgIpc) is 2.63. The number of aliphatic hydroxyl groups excluding tert-OH is 1. The summed E-state index contributed by atoms with van der Waals surface area (Å²) in [7, 11) is 1.68. The molecule has 0 bridgehead atoms. The summed E-state index contributed by atoms with van der Waals surface area (Å²) in [6.07, 6.45) is 2.65. The number of hydrogen-bond donors (Lipinski definition) is 3. The fourth-order valence-corrected chi connectivity index (χ4v) is 2.61. The minimum absolute atomic E-state index is 0.558. The number of rotatable bonds is 4. The summed E-state index contributed by atoms with van der Waals surface area (Å²) in [4.78, 5) is 8.64. The van der Waals surface area contributed by atoms with E-state index in [-0.39, 0.29) is 0 Å². The Labute approximate surface area is 141 Å². The van der Waals surface area contributed by atoms with Gasteiger partial charge in [-0.1, -0.05) is 6.07 Å². The number of aromatic nitrogens is 2. The van der Waals surface area contributed by atoms with Crippen molar-refractivity contribution >= 4 is 5.69 Å². The SMILES string of the molecule is CNC(O)c1cc(-c2cc(-c3cc(N)ccc3C)ccn2)ccn1. The number of nitrogens with one attached hydrogen (secondary N) is 1. The molecular weight excluding hydrogens is 300 g/mol. The Kier molecular flexibility index (Phi) is 4.55. The van der Waals surface area contributed by atoms with Gasteiger partial charge in [-0.2, -0.15) is 0 Å². The molecule has 2 aromatic heterocycles. The second-order valence-electron chi connectivity index (χ2n) is 5.66. The van der Waals surface area contributed by atoms with Gasteiger partial charge in [-0.15, -0.1) is 0 Å². The number of aliphatic hydroxyl groups is 1. The number of nitrogen functional groups attached to an aromatic ring is 1. The van der Waals surface area contributed by atoms with E-state index in [1.807, 2.05) is 42.5 Å². The van der Waals surface area contributed by atoms with Gasteiger partial charge < -0.3 is 10.8 Å². The van der Waals surface area contributed by atoms with E-state index in [1.54, 1.807) is 19.4 Å². The molecule has 0 saturated heterocycles. The number of anilines is 1. The molecule has 1 atom stereocenters. The molecule has 0 radical (unpaired) electrons. The van der Waals surface area contributed by atoms with Crippen molar-refractivity contribution in [2.24, 2.45) is 0 Å². The first kappa shape index (κ1) is 16.1. The topological polar surface area (TPSA) is 84.1 Å². The summed E-state index contributed by atoms with van der Waals surface area (Å²) in [5.41, 5.74) is 12.2. The number of nitrogens with two attached hydrogens (primary N) is 1. The Balaban J connectivity index is 2.04. The van der Waals surface area contributed by atoms with Gasteiger partial charge in [-0.25, -0.2) is 0 Å². The summed E-state index contributed by atoms with van der Waals surface area (Å²) < 4.78 is 0. The zero-order chi connectivity index (χ0) is 17.1. The van der Waals surface area contributed by atoms with E-state index in [4.69, 9.17) is 5.73 Å². The second kappa shape index (κ2) is 6.78. The van der Waals surface area contributed by atoms with E-state index in [1.165, 1.54) is 0 Å². The van der Waals surface area contributed by atoms with Gasteiger partial charge in [-0.3, -0.25) is 15.3 Å². The van der Waals surface area contributed by atoms with Gasteiger partial charge in [0.05, 0.1) is 11.4 Å². The molecule has 24 heavy (non-hydrogen) atoms. The molecule has 0 aliphatic rings. The molecule has 0 aliphatic heterocycles. The maximum absolute atomic E-state index is 9.89. The van der Waals surface area contributed by atoms with Gasteiger partial charge in [0.2, 0.25) is 0 Å². The van der Waals surface area contributed by atoms with E-state index in [0.29, 0.717) is 5.69 Å². The molecule has 1 aromatic carbocycles. The van der Waals surface area contributed by atoms with Crippen molar-refractivity contribution in [1.82, 2.24) is 15.3 Å². The lowest BCUT2D eigenvalue weighted by molar-refractivity contribution is 0.144. The predicted octanol–water partition coefficient (Wildman–Crippen LogP) is 2.91. The van der Waals surface area contributed by atoms with Crippen LogP contribution in [-0.4, -0.2) is 22.1 Å². The smallest absolute Gasteiger partial charge is 0.147 e. The fourth-order valence-electron chi connectivity index (χ4n) is 2.61. The van der Waals surface area contributed by atoms with Crippen LogP contribution in [0.4, 0.5) is 5.69 Å². The predicted molar refractivity (Wildman–Crippen MR) is 96.1 cm³/mol. The van der Waals surface area contributed by atoms with Crippen LogP contribution in [0.3, 0.4) is 0 Å². The minimum Gasteiger partial charge on any atom is -0.399 e. The molecule has 3 rings (SSSR count). The summed E-state index contributed by atoms with van der Waals surface area (Å²) in [6, 6.07) is 13.6. The molecular formula is C19H20N4O. The molecule has 0 amide bonds. The normalized spacial score (nSPS) is 12.1. The Morgan fingerprint density at radius 3 is 2.54 bits per heavy atom. The van der Waals surface area contributed by atoms with Gasteiger partial charge in [0.1, 0.15) is 6.23 Å². The first-order valence-corrected chi connectivity index (χ1v) is 7.72. The van der Waals surface area contributed by atoms with Crippen molar-refractivity contribution in [3.63, 3.8) is 0 Å². The lowest BCUT2D eigenvalue weighted by Gasteiger charge is -2.11. The lowest BCUT2D eigenvalue weighted by atomic mass is 9.99. The highest BCUT2D eigenvalue weighted by molar-refractivity contribution is 5.74. The van der Waals surface area contributed by atoms with E-state index >= 15 is 0 Å². The first-order valence-electron chi connectivity index (χ1n) is 7.72. The third-order valence-electron chi connectivity index (χ3n) is 3.96. The van der Waals surface area contributed by atoms with E-state index in [0.717, 1.165) is 33.6 Å². The van der Waals surface area contributed by atoms with Crippen molar-refractivity contribution in [3.05, 3.63) is 66.1 Å². The van der Waals surface area contributed by atoms with E-state index in [2.05, 4.69) is 22.2 Å². The van der Waals surface area contributed by atoms with Gasteiger partial charge in [-0.05, 0) is 67.1 Å². The maximum Gasteiger partial charge on any atom is 0.147 e. The highest BCUT2D eigenvalue weighted by Crippen LogP contribution is 2.28. The molecule has 1 unspecified atom stereocenters. The third kappa shape index (κ3) is 3.27. The zero-order valence-electron chi connectivity index (χ0n) is 13.7. The summed E-state index contributed by atoms with van der Waals surface area (Å²) in [6.45, 7) is 2.06. The highest BCUT2D eigenvalue weighted by atomic mass is 16.3. The van der Waals surface area contributed by atoms with Crippen LogP contribution in [0.1, 0.15) is 17.5 Å². The maximum atomic E-state index is 9.89. The molecule has 5 nitrogen and oxygen atoms in total. The van der Waals surface area contributed by atoms with Crippen LogP contribution < -0.4 is 11.1 Å². The van der Waals surface area contributed by atoms with Crippen molar-refractivity contribution in [2.45, 2.75) is 13.2 Å². The molecule has 2 heterocycles. The van der Waals surface area contributed by atoms with Gasteiger partial charge in [0, 0.05) is 23.6 Å². The molecule has 0 aliphatic carbocycles. The highest BCUT2D eigenvalue weighted by Gasteiger charge is 2.10. The number of benzene rings is 1. The van der Waals surface area contributed by atoms with Crippen LogP contribution >= 0.6 is 0 Å². The summed E-state index contributed by atoms with van der Waals surface area (Å²) >= 11 is 0. The third-order valence-corrected chi connectivity index (χ3v) is 3.96. The van der Waals surface area contributed by atoms with E-state index in [9.17, 15) is 5.11 Å². The monoisotopic (exact) mass is 320 g/mol. The van der Waals surface area contributed by atoms with E-state index < -0.39 is 6.23 Å². The minimum atomic E-state index is -0.802. The summed E-state index contributed by atoms with van der Waals surface area (Å²) in [5.74, 6) is 0. The Morgan fingerprint density at radius 2 is 1.75 bits per heavy atom. The van der Waals surface area contributed by atoms with Crippen LogP contribution in [-0.2, 0) is 0 Å². The lowest BCUT2D eigenvalue weighted by Crippen LogP contribution is -2.16. The van der Waals surface area contributed by atoms with Crippen molar-refractivity contribution in [2.75, 3.05) is 12.8 Å². The van der Waals surface area contributed by atoms with Crippen LogP contribution in [0.2, 0.25) is 0 Å². The number of aryl methyl sites for hydroxylation is 1. The molecule has 0 saturated carbocycles. The molecule has 4 N–H and O–H groups in total. The molecule has 0 fully saturated rings. The van der Waals surface area contributed by atoms with Crippen LogP contribution in [0.5, 0.6) is 0 Å². The quantitative estimate of drug-likeness (QED) is 0.508. The molecule has 5 heteroatoms. The summed E-state index contributed by atoms with van der Waals surface area (Å²) in [5, 5.41) is 12.7. The van der Waals surface area contributed by atoms with Crippen LogP contribution in [0, 0.1) is 6.92 Å². The second-order valence-corrected chi connectivity index (χ2v) is 5.66. The Morgan fingerprint density at radius 1 is 1.00 bits per heavy atom. The Hall–Kier alpha value is -2.76. The molecule has 0 spiro atoms. The van der Waals surface area contributed by atoms with Crippen LogP contribution in [0.25, 0.3) is 22.4 Å². The van der Waals surface area contributed by atoms with Crippen molar-refractivity contribution in [3.8, 4) is 22.4 Å². The molecule has 122 valence electrons. The number of nitrogens with zero attached hydrogens (tertiary/aromatic N) is 2.